The van der Waals surface area contributed by atoms with Gasteiger partial charge in [0.1, 0.15) is 12.6 Å². The van der Waals surface area contributed by atoms with Gasteiger partial charge in [-0.2, -0.15) is 0 Å². The van der Waals surface area contributed by atoms with Crippen LogP contribution in [0.25, 0.3) is 0 Å². The van der Waals surface area contributed by atoms with Crippen molar-refractivity contribution < 1.29 is 9.18 Å². The summed E-state index contributed by atoms with van der Waals surface area (Å²) < 4.78 is 13.8. The first-order chi connectivity index (χ1) is 6.24. The van der Waals surface area contributed by atoms with Crippen molar-refractivity contribution in [1.29, 1.82) is 0 Å². The van der Waals surface area contributed by atoms with Crippen LogP contribution in [-0.4, -0.2) is 6.79 Å². The molecule has 0 heterocycles. The van der Waals surface area contributed by atoms with Crippen molar-refractivity contribution in [3.05, 3.63) is 34.1 Å². The minimum atomic E-state index is -0.110. The molecule has 0 spiro atoms. The second-order valence-corrected chi connectivity index (χ2v) is 3.40. The van der Waals surface area contributed by atoms with E-state index in [4.69, 9.17) is 4.79 Å². The van der Waals surface area contributed by atoms with Gasteiger partial charge >= 0.3 is 0 Å². The molecule has 0 aliphatic heterocycles. The lowest BCUT2D eigenvalue weighted by Crippen LogP contribution is -1.88. The standard InChI is InChI=1S/C9H10BrF.CH2O/c1-2-3-7-4-5-8(10)6-9(7)11;1-2/h4-6H,2-3H2,1H3;1H2. The molecule has 72 valence electrons. The summed E-state index contributed by atoms with van der Waals surface area (Å²) in [5.74, 6) is -0.110. The molecule has 1 rings (SSSR count). The fourth-order valence-electron chi connectivity index (χ4n) is 0.994. The number of carbonyl (C=O) groups excluding carboxylic acids is 1. The molecule has 0 radical (unpaired) electrons. The largest absolute Gasteiger partial charge is 0.307 e. The fraction of sp³-hybridized carbons (Fsp3) is 0.300. The summed E-state index contributed by atoms with van der Waals surface area (Å²) in [6.45, 7) is 4.04. The van der Waals surface area contributed by atoms with E-state index in [1.165, 1.54) is 6.07 Å². The van der Waals surface area contributed by atoms with E-state index in [0.29, 0.717) is 0 Å². The maximum Gasteiger partial charge on any atom is 0.127 e. The van der Waals surface area contributed by atoms with E-state index >= 15 is 0 Å². The van der Waals surface area contributed by atoms with Crippen molar-refractivity contribution in [3.63, 3.8) is 0 Å². The Bertz CT molecular complexity index is 263. The van der Waals surface area contributed by atoms with Gasteiger partial charge in [-0.3, -0.25) is 0 Å². The van der Waals surface area contributed by atoms with Crippen molar-refractivity contribution >= 4 is 22.7 Å². The number of carbonyl (C=O) groups is 1. The Kier molecular flexibility index (Phi) is 6.41. The van der Waals surface area contributed by atoms with Crippen molar-refractivity contribution in [2.75, 3.05) is 0 Å². The van der Waals surface area contributed by atoms with Gasteiger partial charge < -0.3 is 4.79 Å². The minimum absolute atomic E-state index is 0.110. The van der Waals surface area contributed by atoms with E-state index in [-0.39, 0.29) is 5.82 Å². The Labute approximate surface area is 86.1 Å². The molecule has 0 aromatic heterocycles. The summed E-state index contributed by atoms with van der Waals surface area (Å²) in [4.78, 5) is 8.00. The molecule has 3 heteroatoms. The summed E-state index contributed by atoms with van der Waals surface area (Å²) in [6, 6.07) is 5.20. The number of aryl methyl sites for hydroxylation is 1. The zero-order valence-corrected chi connectivity index (χ0v) is 9.10. The summed E-state index contributed by atoms with van der Waals surface area (Å²) in [7, 11) is 0. The first-order valence-corrected chi connectivity index (χ1v) is 4.76. The maximum absolute atomic E-state index is 13.0. The molecule has 0 aliphatic rings. The summed E-state index contributed by atoms with van der Waals surface area (Å²) in [5.41, 5.74) is 0.802. The molecule has 0 fully saturated rings. The quantitative estimate of drug-likeness (QED) is 0.783. The number of hydrogen-bond donors (Lipinski definition) is 0. The van der Waals surface area contributed by atoms with Crippen LogP contribution in [0.15, 0.2) is 22.7 Å². The van der Waals surface area contributed by atoms with E-state index in [1.807, 2.05) is 25.8 Å². The van der Waals surface area contributed by atoms with Crippen molar-refractivity contribution in [2.24, 2.45) is 0 Å². The highest BCUT2D eigenvalue weighted by atomic mass is 79.9. The predicted molar refractivity (Wildman–Crippen MR) is 55.2 cm³/mol. The van der Waals surface area contributed by atoms with E-state index in [2.05, 4.69) is 15.9 Å². The molecular weight excluding hydrogens is 235 g/mol. The highest BCUT2D eigenvalue weighted by Gasteiger charge is 1.99. The molecule has 0 N–H and O–H groups in total. The van der Waals surface area contributed by atoms with Gasteiger partial charge in [0, 0.05) is 4.47 Å². The molecule has 0 unspecified atom stereocenters. The topological polar surface area (TPSA) is 17.1 Å². The summed E-state index contributed by atoms with van der Waals surface area (Å²) in [5, 5.41) is 0. The van der Waals surface area contributed by atoms with Gasteiger partial charge in [0.25, 0.3) is 0 Å². The van der Waals surface area contributed by atoms with E-state index in [9.17, 15) is 4.39 Å². The molecule has 0 saturated heterocycles. The SMILES string of the molecule is C=O.CCCc1ccc(Br)cc1F. The third-order valence-corrected chi connectivity index (χ3v) is 2.03. The van der Waals surface area contributed by atoms with Crippen LogP contribution in [0.3, 0.4) is 0 Å². The van der Waals surface area contributed by atoms with Crippen molar-refractivity contribution in [1.82, 2.24) is 0 Å². The number of halogens is 2. The van der Waals surface area contributed by atoms with Crippen molar-refractivity contribution in [2.45, 2.75) is 19.8 Å². The van der Waals surface area contributed by atoms with Crippen LogP contribution in [0.1, 0.15) is 18.9 Å². The smallest absolute Gasteiger partial charge is 0.127 e. The lowest BCUT2D eigenvalue weighted by molar-refractivity contribution is -0.0979. The molecule has 1 aromatic carbocycles. The molecule has 0 aliphatic carbocycles. The Morgan fingerprint density at radius 2 is 2.08 bits per heavy atom. The first-order valence-electron chi connectivity index (χ1n) is 3.97. The van der Waals surface area contributed by atoms with Gasteiger partial charge in [0.15, 0.2) is 0 Å². The second-order valence-electron chi connectivity index (χ2n) is 2.49. The minimum Gasteiger partial charge on any atom is -0.307 e. The average Bonchev–Trinajstić information content (AvgIpc) is 2.14. The normalized spacial score (nSPS) is 8.85. The second kappa shape index (κ2) is 6.78. The first kappa shape index (κ1) is 12.3. The van der Waals surface area contributed by atoms with Gasteiger partial charge in [-0.15, -0.1) is 0 Å². The zero-order valence-electron chi connectivity index (χ0n) is 7.52. The molecule has 0 saturated carbocycles. The van der Waals surface area contributed by atoms with Crippen LogP contribution in [0, 0.1) is 5.82 Å². The highest BCUT2D eigenvalue weighted by Crippen LogP contribution is 2.16. The number of hydrogen-bond acceptors (Lipinski definition) is 1. The van der Waals surface area contributed by atoms with Gasteiger partial charge in [-0.1, -0.05) is 35.3 Å². The molecule has 13 heavy (non-hydrogen) atoms. The van der Waals surface area contributed by atoms with Crippen LogP contribution >= 0.6 is 15.9 Å². The van der Waals surface area contributed by atoms with Crippen LogP contribution < -0.4 is 0 Å². The lowest BCUT2D eigenvalue weighted by Gasteiger charge is -2.00. The van der Waals surface area contributed by atoms with Crippen LogP contribution in [0.2, 0.25) is 0 Å². The maximum atomic E-state index is 13.0. The van der Waals surface area contributed by atoms with Crippen LogP contribution in [0.4, 0.5) is 4.39 Å². The van der Waals surface area contributed by atoms with E-state index in [1.54, 1.807) is 0 Å². The third kappa shape index (κ3) is 4.18. The van der Waals surface area contributed by atoms with E-state index in [0.717, 1.165) is 22.9 Å². The Morgan fingerprint density at radius 1 is 1.46 bits per heavy atom. The van der Waals surface area contributed by atoms with Gasteiger partial charge in [0.2, 0.25) is 0 Å². The monoisotopic (exact) mass is 246 g/mol. The lowest BCUT2D eigenvalue weighted by atomic mass is 10.1. The van der Waals surface area contributed by atoms with Gasteiger partial charge in [-0.05, 0) is 24.1 Å². The zero-order chi connectivity index (χ0) is 10.3. The average molecular weight is 247 g/mol. The van der Waals surface area contributed by atoms with Gasteiger partial charge in [-0.25, -0.2) is 4.39 Å². The molecule has 0 amide bonds. The van der Waals surface area contributed by atoms with Gasteiger partial charge in [0.05, 0.1) is 0 Å². The summed E-state index contributed by atoms with van der Waals surface area (Å²) in [6.07, 6.45) is 1.80. The van der Waals surface area contributed by atoms with Crippen LogP contribution in [-0.2, 0) is 11.2 Å². The highest BCUT2D eigenvalue weighted by molar-refractivity contribution is 9.10. The Balaban J connectivity index is 0.000000671. The molecular formula is C10H12BrFO. The Hall–Kier alpha value is -0.700. The third-order valence-electron chi connectivity index (χ3n) is 1.53. The Morgan fingerprint density at radius 3 is 2.54 bits per heavy atom. The molecule has 1 aromatic rings. The van der Waals surface area contributed by atoms with Crippen LogP contribution in [0.5, 0.6) is 0 Å². The predicted octanol–water partition coefficient (Wildman–Crippen LogP) is 3.36. The molecule has 1 nitrogen and oxygen atoms in total. The van der Waals surface area contributed by atoms with E-state index < -0.39 is 0 Å². The summed E-state index contributed by atoms with van der Waals surface area (Å²) >= 11 is 3.21. The molecule has 0 atom stereocenters. The number of benzene rings is 1. The van der Waals surface area contributed by atoms with Crippen molar-refractivity contribution in [3.8, 4) is 0 Å². The molecule has 0 bridgehead atoms. The number of rotatable bonds is 2. The fourth-order valence-corrected chi connectivity index (χ4v) is 1.33.